The summed E-state index contributed by atoms with van der Waals surface area (Å²) in [6.45, 7) is 0. The van der Waals surface area contributed by atoms with E-state index in [0.29, 0.717) is 5.82 Å². The van der Waals surface area contributed by atoms with Gasteiger partial charge in [0.1, 0.15) is 5.82 Å². The van der Waals surface area contributed by atoms with Crippen molar-refractivity contribution in [1.82, 2.24) is 9.97 Å². The minimum atomic E-state index is -0.614. The molecule has 0 radical (unpaired) electrons. The molecule has 5 nitrogen and oxygen atoms in total. The van der Waals surface area contributed by atoms with Crippen molar-refractivity contribution in [3.05, 3.63) is 48.8 Å². The van der Waals surface area contributed by atoms with E-state index >= 15 is 0 Å². The van der Waals surface area contributed by atoms with E-state index in [1.54, 1.807) is 48.8 Å². The molecule has 1 N–H and O–H groups in total. The first kappa shape index (κ1) is 10.1. The van der Waals surface area contributed by atoms with E-state index in [1.807, 2.05) is 0 Å². The van der Waals surface area contributed by atoms with Gasteiger partial charge in [-0.1, -0.05) is 12.1 Å². The lowest BCUT2D eigenvalue weighted by Gasteiger charge is -2.04. The van der Waals surface area contributed by atoms with Crippen molar-refractivity contribution in [2.75, 3.05) is 5.32 Å². The van der Waals surface area contributed by atoms with Crippen molar-refractivity contribution in [1.29, 1.82) is 0 Å². The van der Waals surface area contributed by atoms with Gasteiger partial charge in [-0.2, -0.15) is 0 Å². The lowest BCUT2D eigenvalue weighted by molar-refractivity contribution is 0.213. The summed E-state index contributed by atoms with van der Waals surface area (Å²) < 4.78 is 4.92. The summed E-state index contributed by atoms with van der Waals surface area (Å²) in [5, 5.41) is 2.48. The number of aromatic nitrogens is 2. The largest absolute Gasteiger partial charge is 0.419 e. The van der Waals surface area contributed by atoms with E-state index in [-0.39, 0.29) is 5.88 Å². The van der Waals surface area contributed by atoms with E-state index in [1.165, 1.54) is 0 Å². The zero-order chi connectivity index (χ0) is 11.2. The van der Waals surface area contributed by atoms with Gasteiger partial charge in [-0.15, -0.1) is 0 Å². The SMILES string of the molecule is O=C(Nc1ccccn1)Oc1ccccn1. The van der Waals surface area contributed by atoms with Crippen LogP contribution in [-0.2, 0) is 0 Å². The van der Waals surface area contributed by atoms with Gasteiger partial charge in [-0.05, 0) is 18.2 Å². The molecule has 0 aliphatic heterocycles. The van der Waals surface area contributed by atoms with E-state index in [0.717, 1.165) is 0 Å². The van der Waals surface area contributed by atoms with E-state index < -0.39 is 6.09 Å². The number of rotatable bonds is 2. The first-order chi connectivity index (χ1) is 7.84. The fourth-order valence-electron chi connectivity index (χ4n) is 1.07. The van der Waals surface area contributed by atoms with Crippen LogP contribution >= 0.6 is 0 Å². The molecular formula is C11H9N3O2. The van der Waals surface area contributed by atoms with Crippen molar-refractivity contribution in [3.8, 4) is 5.88 Å². The van der Waals surface area contributed by atoms with Gasteiger partial charge in [0.25, 0.3) is 0 Å². The normalized spacial score (nSPS) is 9.50. The number of hydrogen-bond acceptors (Lipinski definition) is 4. The number of ether oxygens (including phenoxy) is 1. The Morgan fingerprint density at radius 1 is 1.06 bits per heavy atom. The third-order valence-corrected chi connectivity index (χ3v) is 1.73. The summed E-state index contributed by atoms with van der Waals surface area (Å²) in [6, 6.07) is 10.3. The molecule has 0 unspecified atom stereocenters. The molecule has 0 bridgehead atoms. The smallest absolute Gasteiger partial charge is 0.391 e. The number of anilines is 1. The van der Waals surface area contributed by atoms with Crippen LogP contribution in [0, 0.1) is 0 Å². The predicted molar refractivity (Wildman–Crippen MR) is 58.1 cm³/mol. The van der Waals surface area contributed by atoms with Gasteiger partial charge in [0.05, 0.1) is 0 Å². The molecule has 0 aliphatic rings. The summed E-state index contributed by atoms with van der Waals surface area (Å²) in [7, 11) is 0. The molecule has 0 saturated carbocycles. The fourth-order valence-corrected chi connectivity index (χ4v) is 1.07. The fraction of sp³-hybridized carbons (Fsp3) is 0. The number of carbonyl (C=O) groups excluding carboxylic acids is 1. The molecule has 0 spiro atoms. The van der Waals surface area contributed by atoms with Crippen molar-refractivity contribution in [2.24, 2.45) is 0 Å². The summed E-state index contributed by atoms with van der Waals surface area (Å²) in [5.41, 5.74) is 0. The first-order valence-electron chi connectivity index (χ1n) is 4.65. The minimum Gasteiger partial charge on any atom is -0.391 e. The lowest BCUT2D eigenvalue weighted by atomic mass is 10.5. The van der Waals surface area contributed by atoms with Gasteiger partial charge >= 0.3 is 6.09 Å². The maximum Gasteiger partial charge on any atom is 0.419 e. The lowest BCUT2D eigenvalue weighted by Crippen LogP contribution is -2.17. The Morgan fingerprint density at radius 2 is 1.81 bits per heavy atom. The Hall–Kier alpha value is -2.43. The van der Waals surface area contributed by atoms with Crippen molar-refractivity contribution >= 4 is 11.9 Å². The van der Waals surface area contributed by atoms with Crippen LogP contribution in [0.2, 0.25) is 0 Å². The number of nitrogens with zero attached hydrogens (tertiary/aromatic N) is 2. The Labute approximate surface area is 92.1 Å². The maximum absolute atomic E-state index is 11.4. The molecule has 2 rings (SSSR count). The number of pyridine rings is 2. The van der Waals surface area contributed by atoms with Crippen molar-refractivity contribution in [2.45, 2.75) is 0 Å². The predicted octanol–water partition coefficient (Wildman–Crippen LogP) is 2.09. The molecule has 0 atom stereocenters. The number of carbonyl (C=O) groups is 1. The van der Waals surface area contributed by atoms with Crippen LogP contribution < -0.4 is 10.1 Å². The van der Waals surface area contributed by atoms with Crippen LogP contribution in [0.1, 0.15) is 0 Å². The van der Waals surface area contributed by atoms with Crippen LogP contribution in [0.5, 0.6) is 5.88 Å². The monoisotopic (exact) mass is 215 g/mol. The molecule has 0 aromatic carbocycles. The second-order valence-corrected chi connectivity index (χ2v) is 2.90. The zero-order valence-electron chi connectivity index (χ0n) is 8.33. The summed E-state index contributed by atoms with van der Waals surface area (Å²) in [6.07, 6.45) is 2.51. The molecule has 2 heterocycles. The van der Waals surface area contributed by atoms with E-state index in [2.05, 4.69) is 15.3 Å². The number of hydrogen-bond donors (Lipinski definition) is 1. The van der Waals surface area contributed by atoms with Gasteiger partial charge in [-0.3, -0.25) is 5.32 Å². The van der Waals surface area contributed by atoms with Crippen LogP contribution in [-0.4, -0.2) is 16.1 Å². The van der Waals surface area contributed by atoms with Crippen LogP contribution in [0.15, 0.2) is 48.8 Å². The van der Waals surface area contributed by atoms with Crippen LogP contribution in [0.3, 0.4) is 0 Å². The summed E-state index contributed by atoms with van der Waals surface area (Å²) >= 11 is 0. The molecule has 0 saturated heterocycles. The molecule has 2 aromatic rings. The van der Waals surface area contributed by atoms with Crippen LogP contribution in [0.25, 0.3) is 0 Å². The van der Waals surface area contributed by atoms with Gasteiger partial charge in [0.2, 0.25) is 5.88 Å². The summed E-state index contributed by atoms with van der Waals surface area (Å²) in [4.78, 5) is 19.2. The first-order valence-corrected chi connectivity index (χ1v) is 4.65. The molecular weight excluding hydrogens is 206 g/mol. The minimum absolute atomic E-state index is 0.246. The second-order valence-electron chi connectivity index (χ2n) is 2.90. The van der Waals surface area contributed by atoms with Gasteiger partial charge in [0.15, 0.2) is 0 Å². The standard InChI is InChI=1S/C11H9N3O2/c15-11(14-9-5-1-3-7-12-9)16-10-6-2-4-8-13-10/h1-8H,(H,12,14,15). The quantitative estimate of drug-likeness (QED) is 0.833. The summed E-state index contributed by atoms with van der Waals surface area (Å²) in [5.74, 6) is 0.680. The van der Waals surface area contributed by atoms with Gasteiger partial charge < -0.3 is 4.74 Å². The Bertz CT molecular complexity index is 416. The van der Waals surface area contributed by atoms with Crippen molar-refractivity contribution in [3.63, 3.8) is 0 Å². The van der Waals surface area contributed by atoms with Gasteiger partial charge in [-0.25, -0.2) is 14.8 Å². The Kier molecular flexibility index (Phi) is 3.08. The number of amides is 1. The molecule has 5 heteroatoms. The molecule has 0 fully saturated rings. The average molecular weight is 215 g/mol. The Morgan fingerprint density at radius 3 is 2.44 bits per heavy atom. The second kappa shape index (κ2) is 4.88. The van der Waals surface area contributed by atoms with E-state index in [4.69, 9.17) is 4.74 Å². The average Bonchev–Trinajstić information content (AvgIpc) is 2.31. The third kappa shape index (κ3) is 2.78. The molecule has 80 valence electrons. The van der Waals surface area contributed by atoms with Crippen LogP contribution in [0.4, 0.5) is 10.6 Å². The topological polar surface area (TPSA) is 64.1 Å². The molecule has 16 heavy (non-hydrogen) atoms. The highest BCUT2D eigenvalue weighted by molar-refractivity contribution is 5.84. The highest BCUT2D eigenvalue weighted by Gasteiger charge is 2.05. The third-order valence-electron chi connectivity index (χ3n) is 1.73. The Balaban J connectivity index is 1.95. The van der Waals surface area contributed by atoms with E-state index in [9.17, 15) is 4.79 Å². The molecule has 2 aromatic heterocycles. The maximum atomic E-state index is 11.4. The van der Waals surface area contributed by atoms with Crippen molar-refractivity contribution < 1.29 is 9.53 Å². The zero-order valence-corrected chi connectivity index (χ0v) is 8.33. The van der Waals surface area contributed by atoms with Gasteiger partial charge in [0, 0.05) is 18.5 Å². The highest BCUT2D eigenvalue weighted by atomic mass is 16.6. The number of nitrogens with one attached hydrogen (secondary N) is 1. The highest BCUT2D eigenvalue weighted by Crippen LogP contribution is 2.06. The molecule has 1 amide bonds. The molecule has 0 aliphatic carbocycles.